The zero-order valence-electron chi connectivity index (χ0n) is 18.2. The summed E-state index contributed by atoms with van der Waals surface area (Å²) < 4.78 is 7.49. The van der Waals surface area contributed by atoms with Gasteiger partial charge in [0.15, 0.2) is 0 Å². The average Bonchev–Trinajstić information content (AvgIpc) is 3.07. The summed E-state index contributed by atoms with van der Waals surface area (Å²) in [6.07, 6.45) is 1.47. The molecular weight excluding hydrogens is 378 g/mol. The van der Waals surface area contributed by atoms with Crippen molar-refractivity contribution in [1.29, 1.82) is 0 Å². The molecule has 0 aliphatic carbocycles. The van der Waals surface area contributed by atoms with E-state index in [-0.39, 0.29) is 17.7 Å². The second-order valence-corrected chi connectivity index (χ2v) is 8.46. The van der Waals surface area contributed by atoms with Crippen LogP contribution < -0.4 is 0 Å². The van der Waals surface area contributed by atoms with E-state index in [0.29, 0.717) is 39.4 Å². The molecule has 0 atom stereocenters. The number of piperidine rings is 1. The van der Waals surface area contributed by atoms with Crippen LogP contribution in [-0.4, -0.2) is 65.6 Å². The molecule has 1 aromatic heterocycles. The smallest absolute Gasteiger partial charge is 0.255 e. The van der Waals surface area contributed by atoms with E-state index in [1.807, 2.05) is 35.8 Å². The summed E-state index contributed by atoms with van der Waals surface area (Å²) in [6.45, 7) is 10.0. The van der Waals surface area contributed by atoms with Gasteiger partial charge in [-0.2, -0.15) is 0 Å². The topological polar surface area (TPSA) is 54.8 Å². The molecule has 2 aliphatic heterocycles. The minimum atomic E-state index is 0.0203. The van der Waals surface area contributed by atoms with Crippen molar-refractivity contribution in [1.82, 2.24) is 14.4 Å². The zero-order valence-corrected chi connectivity index (χ0v) is 18.2. The first-order valence-corrected chi connectivity index (χ1v) is 10.9. The van der Waals surface area contributed by atoms with E-state index in [4.69, 9.17) is 4.74 Å². The van der Waals surface area contributed by atoms with Crippen LogP contribution in [0.25, 0.3) is 5.69 Å². The number of ether oxygens (including phenoxy) is 1. The molecular formula is C24H31N3O3. The van der Waals surface area contributed by atoms with Gasteiger partial charge < -0.3 is 19.1 Å². The molecule has 2 fully saturated rings. The van der Waals surface area contributed by atoms with Crippen LogP contribution in [0.1, 0.15) is 40.2 Å². The van der Waals surface area contributed by atoms with E-state index in [2.05, 4.69) is 29.7 Å². The van der Waals surface area contributed by atoms with Crippen molar-refractivity contribution in [3.8, 4) is 5.69 Å². The van der Waals surface area contributed by atoms with Crippen molar-refractivity contribution < 1.29 is 14.3 Å². The highest BCUT2D eigenvalue weighted by Crippen LogP contribution is 2.26. The maximum Gasteiger partial charge on any atom is 0.255 e. The minimum Gasteiger partial charge on any atom is -0.378 e. The Hall–Kier alpha value is -2.60. The quantitative estimate of drug-likeness (QED) is 0.783. The second kappa shape index (κ2) is 8.64. The fourth-order valence-electron chi connectivity index (χ4n) is 4.69. The number of hydrogen-bond acceptors (Lipinski definition) is 3. The summed E-state index contributed by atoms with van der Waals surface area (Å²) in [4.78, 5) is 29.8. The van der Waals surface area contributed by atoms with Crippen LogP contribution in [0.2, 0.25) is 0 Å². The normalized spacial score (nSPS) is 18.0. The fraction of sp³-hybridized carbons (Fsp3) is 0.500. The lowest BCUT2D eigenvalue weighted by Gasteiger charge is -2.35. The van der Waals surface area contributed by atoms with Crippen molar-refractivity contribution in [3.63, 3.8) is 0 Å². The van der Waals surface area contributed by atoms with Gasteiger partial charge in [0.1, 0.15) is 0 Å². The van der Waals surface area contributed by atoms with Crippen LogP contribution in [0.3, 0.4) is 0 Å². The van der Waals surface area contributed by atoms with Crippen LogP contribution in [0, 0.1) is 26.7 Å². The largest absolute Gasteiger partial charge is 0.378 e. The highest BCUT2D eigenvalue weighted by Gasteiger charge is 2.32. The number of aryl methyl sites for hydroxylation is 2. The molecule has 2 amide bonds. The number of likely N-dealkylation sites (tertiary alicyclic amines) is 1. The van der Waals surface area contributed by atoms with Gasteiger partial charge in [0.05, 0.1) is 18.8 Å². The Balaban J connectivity index is 1.45. The van der Waals surface area contributed by atoms with Crippen molar-refractivity contribution in [2.75, 3.05) is 39.4 Å². The number of hydrogen-bond donors (Lipinski definition) is 0. The van der Waals surface area contributed by atoms with Crippen LogP contribution in [0.4, 0.5) is 0 Å². The predicted octanol–water partition coefficient (Wildman–Crippen LogP) is 3.11. The summed E-state index contributed by atoms with van der Waals surface area (Å²) in [5.41, 5.74) is 5.05. The Morgan fingerprint density at radius 3 is 2.30 bits per heavy atom. The number of carbonyl (C=O) groups is 2. The highest BCUT2D eigenvalue weighted by molar-refractivity contribution is 5.96. The molecule has 0 spiro atoms. The van der Waals surface area contributed by atoms with Gasteiger partial charge in [0.2, 0.25) is 5.91 Å². The maximum atomic E-state index is 13.3. The summed E-state index contributed by atoms with van der Waals surface area (Å²) in [6, 6.07) is 10.3. The fourth-order valence-corrected chi connectivity index (χ4v) is 4.69. The minimum absolute atomic E-state index is 0.0203. The third-order valence-electron chi connectivity index (χ3n) is 6.38. The molecule has 0 bridgehead atoms. The first kappa shape index (κ1) is 20.7. The molecule has 2 aliphatic rings. The van der Waals surface area contributed by atoms with Crippen molar-refractivity contribution in [3.05, 3.63) is 52.8 Å². The van der Waals surface area contributed by atoms with Gasteiger partial charge in [0.25, 0.3) is 5.91 Å². The van der Waals surface area contributed by atoms with Gasteiger partial charge in [-0.3, -0.25) is 9.59 Å². The van der Waals surface area contributed by atoms with E-state index in [0.717, 1.165) is 35.5 Å². The molecule has 160 valence electrons. The Kier molecular flexibility index (Phi) is 5.95. The monoisotopic (exact) mass is 409 g/mol. The first-order valence-electron chi connectivity index (χ1n) is 10.9. The molecule has 30 heavy (non-hydrogen) atoms. The van der Waals surface area contributed by atoms with Gasteiger partial charge >= 0.3 is 0 Å². The van der Waals surface area contributed by atoms with Gasteiger partial charge in [0, 0.05) is 49.2 Å². The van der Waals surface area contributed by atoms with Crippen LogP contribution in [0.5, 0.6) is 0 Å². The maximum absolute atomic E-state index is 13.3. The highest BCUT2D eigenvalue weighted by atomic mass is 16.5. The average molecular weight is 410 g/mol. The lowest BCUT2D eigenvalue weighted by molar-refractivity contribution is -0.141. The molecule has 0 saturated carbocycles. The number of aromatic nitrogens is 1. The molecule has 6 heteroatoms. The third-order valence-corrected chi connectivity index (χ3v) is 6.38. The van der Waals surface area contributed by atoms with E-state index in [9.17, 15) is 9.59 Å². The molecule has 0 radical (unpaired) electrons. The van der Waals surface area contributed by atoms with Crippen LogP contribution >= 0.6 is 0 Å². The molecule has 3 heterocycles. The number of amides is 2. The SMILES string of the molecule is Cc1cccc(-n2c(C)cc(C(=O)N3CCC(C(=O)N4CCOCC4)CC3)c2C)c1. The number of rotatable bonds is 3. The Morgan fingerprint density at radius 2 is 1.63 bits per heavy atom. The molecule has 0 unspecified atom stereocenters. The molecule has 0 N–H and O–H groups in total. The summed E-state index contributed by atoms with van der Waals surface area (Å²) >= 11 is 0. The van der Waals surface area contributed by atoms with Crippen LogP contribution in [-0.2, 0) is 9.53 Å². The zero-order chi connectivity index (χ0) is 21.3. The summed E-state index contributed by atoms with van der Waals surface area (Å²) in [5.74, 6) is 0.314. The Labute approximate surface area is 178 Å². The van der Waals surface area contributed by atoms with E-state index < -0.39 is 0 Å². The number of benzene rings is 1. The lowest BCUT2D eigenvalue weighted by atomic mass is 9.94. The number of carbonyl (C=O) groups excluding carboxylic acids is 2. The summed E-state index contributed by atoms with van der Waals surface area (Å²) in [5, 5.41) is 0. The van der Waals surface area contributed by atoms with Crippen molar-refractivity contribution >= 4 is 11.8 Å². The second-order valence-electron chi connectivity index (χ2n) is 8.46. The Bertz CT molecular complexity index is 935. The summed E-state index contributed by atoms with van der Waals surface area (Å²) in [7, 11) is 0. The molecule has 2 saturated heterocycles. The van der Waals surface area contributed by atoms with Crippen molar-refractivity contribution in [2.45, 2.75) is 33.6 Å². The molecule has 1 aromatic carbocycles. The van der Waals surface area contributed by atoms with E-state index in [1.165, 1.54) is 5.56 Å². The van der Waals surface area contributed by atoms with Gasteiger partial charge in [-0.05, 0) is 57.4 Å². The van der Waals surface area contributed by atoms with E-state index >= 15 is 0 Å². The first-order chi connectivity index (χ1) is 14.5. The Morgan fingerprint density at radius 1 is 0.933 bits per heavy atom. The molecule has 2 aromatic rings. The lowest BCUT2D eigenvalue weighted by Crippen LogP contribution is -2.47. The standard InChI is InChI=1S/C24H31N3O3/c1-17-5-4-6-21(15-17)27-18(2)16-22(19(27)3)24(29)25-9-7-20(8-10-25)23(28)26-11-13-30-14-12-26/h4-6,15-16,20H,7-14H2,1-3H3. The van der Waals surface area contributed by atoms with Gasteiger partial charge in [-0.15, -0.1) is 0 Å². The van der Waals surface area contributed by atoms with Gasteiger partial charge in [-0.1, -0.05) is 12.1 Å². The number of morpholine rings is 1. The number of nitrogens with zero attached hydrogens (tertiary/aromatic N) is 3. The van der Waals surface area contributed by atoms with Gasteiger partial charge in [-0.25, -0.2) is 0 Å². The van der Waals surface area contributed by atoms with Crippen molar-refractivity contribution in [2.24, 2.45) is 5.92 Å². The predicted molar refractivity (Wildman–Crippen MR) is 116 cm³/mol. The molecule has 4 rings (SSSR count). The van der Waals surface area contributed by atoms with E-state index in [1.54, 1.807) is 0 Å². The van der Waals surface area contributed by atoms with Crippen LogP contribution in [0.15, 0.2) is 30.3 Å². The third kappa shape index (κ3) is 4.01. The molecule has 6 nitrogen and oxygen atoms in total.